The van der Waals surface area contributed by atoms with Crippen LogP contribution in [0.15, 0.2) is 46.3 Å². The Hall–Kier alpha value is -2.10. The molecule has 2 atom stereocenters. The number of aldehydes is 1. The summed E-state index contributed by atoms with van der Waals surface area (Å²) in [6.07, 6.45) is 2.45. The number of aryl methyl sites for hydroxylation is 1. The molecule has 2 aromatic rings. The van der Waals surface area contributed by atoms with E-state index in [0.717, 1.165) is 16.2 Å². The van der Waals surface area contributed by atoms with Gasteiger partial charge in [0, 0.05) is 18.2 Å². The number of benzene rings is 1. The zero-order valence-corrected chi connectivity index (χ0v) is 17.5. The summed E-state index contributed by atoms with van der Waals surface area (Å²) in [6, 6.07) is 8.52. The lowest BCUT2D eigenvalue weighted by atomic mass is 9.99. The molecule has 1 aliphatic heterocycles. The van der Waals surface area contributed by atoms with Gasteiger partial charge in [0.1, 0.15) is 23.5 Å². The Morgan fingerprint density at radius 2 is 2.07 bits per heavy atom. The number of rotatable bonds is 8. The first-order valence-electron chi connectivity index (χ1n) is 8.75. The summed E-state index contributed by atoms with van der Waals surface area (Å²) in [5.41, 5.74) is 1.36. The Kier molecular flexibility index (Phi) is 5.97. The van der Waals surface area contributed by atoms with Crippen LogP contribution in [-0.4, -0.2) is 37.9 Å². The molecule has 0 fully saturated rings. The van der Waals surface area contributed by atoms with Crippen molar-refractivity contribution in [3.05, 3.63) is 58.7 Å². The molecule has 3 rings (SSSR count). The number of carbonyl (C=O) groups excluding carboxylic acids is 1. The highest BCUT2D eigenvalue weighted by atomic mass is 32.2. The van der Waals surface area contributed by atoms with Gasteiger partial charge in [0.2, 0.25) is 10.0 Å². The molecule has 1 aromatic heterocycles. The second-order valence-electron chi connectivity index (χ2n) is 6.56. The lowest BCUT2D eigenvalue weighted by molar-refractivity contribution is 0.112. The van der Waals surface area contributed by atoms with Gasteiger partial charge in [-0.05, 0) is 31.7 Å². The third-order valence-electron chi connectivity index (χ3n) is 4.64. The van der Waals surface area contributed by atoms with Crippen LogP contribution in [0.5, 0.6) is 0 Å². The van der Waals surface area contributed by atoms with Gasteiger partial charge in [-0.15, -0.1) is 11.8 Å². The van der Waals surface area contributed by atoms with Gasteiger partial charge in [0.15, 0.2) is 5.82 Å². The number of hydrogen-bond donors (Lipinski definition) is 0. The van der Waals surface area contributed by atoms with Crippen LogP contribution in [-0.2, 0) is 14.8 Å². The normalized spacial score (nSPS) is 21.8. The molecular weight excluding hydrogens is 400 g/mol. The van der Waals surface area contributed by atoms with Crippen molar-refractivity contribution in [1.29, 1.82) is 0 Å². The lowest BCUT2D eigenvalue weighted by Crippen LogP contribution is -2.48. The van der Waals surface area contributed by atoms with Gasteiger partial charge in [-0.3, -0.25) is 4.79 Å². The predicted octanol–water partition coefficient (Wildman–Crippen LogP) is 3.69. The van der Waals surface area contributed by atoms with Crippen molar-refractivity contribution in [3.63, 3.8) is 0 Å². The maximum atomic E-state index is 13.7. The SMILES string of the molecule is CCOCN(c1cc(C)on1)S(=O)(=O)C1(C)C=CSC1c1ccc(C=O)cc1. The van der Waals surface area contributed by atoms with E-state index in [2.05, 4.69) is 5.16 Å². The number of ether oxygens (including phenoxy) is 1. The van der Waals surface area contributed by atoms with E-state index in [0.29, 0.717) is 17.9 Å². The fraction of sp³-hybridized carbons (Fsp3) is 0.368. The summed E-state index contributed by atoms with van der Waals surface area (Å²) in [5, 5.41) is 5.30. The number of sulfonamides is 1. The molecule has 0 bridgehead atoms. The molecule has 1 aliphatic rings. The molecule has 7 nitrogen and oxygen atoms in total. The number of anilines is 1. The molecule has 9 heteroatoms. The molecule has 1 aromatic carbocycles. The molecule has 0 N–H and O–H groups in total. The monoisotopic (exact) mass is 422 g/mol. The largest absolute Gasteiger partial charge is 0.360 e. The molecule has 0 saturated carbocycles. The maximum Gasteiger partial charge on any atom is 0.248 e. The van der Waals surface area contributed by atoms with E-state index in [1.807, 2.05) is 0 Å². The molecular formula is C19H22N2O5S2. The van der Waals surface area contributed by atoms with Crippen LogP contribution in [0.2, 0.25) is 0 Å². The first kappa shape index (κ1) is 20.6. The average molecular weight is 423 g/mol. The van der Waals surface area contributed by atoms with Crippen molar-refractivity contribution in [2.75, 3.05) is 17.6 Å². The standard InChI is InChI=1S/C19H22N2O5S2/c1-4-25-13-21(17-11-14(2)26-20-17)28(23,24)19(3)9-10-27-18(19)16-7-5-15(12-22)6-8-16/h5-12,18H,4,13H2,1-3H3. The fourth-order valence-corrected chi connectivity index (χ4v) is 6.46. The zero-order valence-electron chi connectivity index (χ0n) is 15.9. The lowest BCUT2D eigenvalue weighted by Gasteiger charge is -2.35. The third kappa shape index (κ3) is 3.61. The van der Waals surface area contributed by atoms with Crippen molar-refractivity contribution >= 4 is 33.9 Å². The van der Waals surface area contributed by atoms with E-state index in [1.54, 1.807) is 62.6 Å². The Morgan fingerprint density at radius 3 is 2.64 bits per heavy atom. The van der Waals surface area contributed by atoms with Gasteiger partial charge < -0.3 is 9.26 Å². The zero-order chi connectivity index (χ0) is 20.4. The average Bonchev–Trinajstić information content (AvgIpc) is 3.29. The van der Waals surface area contributed by atoms with Crippen LogP contribution < -0.4 is 4.31 Å². The summed E-state index contributed by atoms with van der Waals surface area (Å²) >= 11 is 1.43. The molecule has 2 heterocycles. The van der Waals surface area contributed by atoms with Crippen molar-refractivity contribution < 1.29 is 22.5 Å². The van der Waals surface area contributed by atoms with Crippen molar-refractivity contribution in [2.45, 2.75) is 30.8 Å². The van der Waals surface area contributed by atoms with Gasteiger partial charge in [-0.25, -0.2) is 12.7 Å². The molecule has 0 spiro atoms. The Bertz CT molecular complexity index is 968. The summed E-state index contributed by atoms with van der Waals surface area (Å²) in [5.74, 6) is 0.696. The van der Waals surface area contributed by atoms with Gasteiger partial charge in [-0.2, -0.15) is 0 Å². The van der Waals surface area contributed by atoms with E-state index in [-0.39, 0.29) is 17.8 Å². The summed E-state index contributed by atoms with van der Waals surface area (Å²) in [6.45, 7) is 5.38. The summed E-state index contributed by atoms with van der Waals surface area (Å²) in [7, 11) is -3.92. The topological polar surface area (TPSA) is 89.7 Å². The fourth-order valence-electron chi connectivity index (χ4n) is 3.00. The first-order chi connectivity index (χ1) is 13.3. The highest BCUT2D eigenvalue weighted by Gasteiger charge is 2.51. The van der Waals surface area contributed by atoms with E-state index < -0.39 is 14.8 Å². The summed E-state index contributed by atoms with van der Waals surface area (Å²) < 4.78 is 37.9. The highest BCUT2D eigenvalue weighted by molar-refractivity contribution is 8.04. The van der Waals surface area contributed by atoms with Crippen molar-refractivity contribution in [2.24, 2.45) is 0 Å². The minimum atomic E-state index is -3.92. The van der Waals surface area contributed by atoms with Gasteiger partial charge >= 0.3 is 0 Å². The third-order valence-corrected chi connectivity index (χ3v) is 8.47. The van der Waals surface area contributed by atoms with Gasteiger partial charge in [-0.1, -0.05) is 35.5 Å². The van der Waals surface area contributed by atoms with Gasteiger partial charge in [0.25, 0.3) is 0 Å². The van der Waals surface area contributed by atoms with Crippen LogP contribution in [0.4, 0.5) is 5.82 Å². The van der Waals surface area contributed by atoms with Crippen molar-refractivity contribution in [3.8, 4) is 0 Å². The molecule has 28 heavy (non-hydrogen) atoms. The molecule has 0 amide bonds. The van der Waals surface area contributed by atoms with E-state index in [4.69, 9.17) is 9.26 Å². The Morgan fingerprint density at radius 1 is 1.36 bits per heavy atom. The second kappa shape index (κ2) is 8.10. The smallest absolute Gasteiger partial charge is 0.248 e. The van der Waals surface area contributed by atoms with Crippen LogP contribution in [0.1, 0.15) is 40.8 Å². The second-order valence-corrected chi connectivity index (χ2v) is 9.84. The van der Waals surface area contributed by atoms with Crippen LogP contribution in [0.25, 0.3) is 0 Å². The number of carbonyl (C=O) groups is 1. The van der Waals surface area contributed by atoms with Crippen LogP contribution >= 0.6 is 11.8 Å². The molecule has 2 unspecified atom stereocenters. The number of hydrogen-bond acceptors (Lipinski definition) is 7. The predicted molar refractivity (Wildman–Crippen MR) is 109 cm³/mol. The van der Waals surface area contributed by atoms with E-state index >= 15 is 0 Å². The minimum Gasteiger partial charge on any atom is -0.360 e. The molecule has 0 aliphatic carbocycles. The molecule has 0 radical (unpaired) electrons. The van der Waals surface area contributed by atoms with Crippen LogP contribution in [0.3, 0.4) is 0 Å². The summed E-state index contributed by atoms with van der Waals surface area (Å²) in [4.78, 5) is 10.9. The van der Waals surface area contributed by atoms with Crippen molar-refractivity contribution in [1.82, 2.24) is 5.16 Å². The van der Waals surface area contributed by atoms with Gasteiger partial charge in [0.05, 0.1) is 5.25 Å². The molecule has 0 saturated heterocycles. The number of aromatic nitrogens is 1. The highest BCUT2D eigenvalue weighted by Crippen LogP contribution is 2.51. The number of thioether (sulfide) groups is 1. The number of nitrogens with zero attached hydrogens (tertiary/aromatic N) is 2. The maximum absolute atomic E-state index is 13.7. The Balaban J connectivity index is 2.02. The Labute approximate surface area is 168 Å². The molecule has 150 valence electrons. The van der Waals surface area contributed by atoms with E-state index in [1.165, 1.54) is 11.8 Å². The minimum absolute atomic E-state index is 0.157. The first-order valence-corrected chi connectivity index (χ1v) is 11.1. The van der Waals surface area contributed by atoms with E-state index in [9.17, 15) is 13.2 Å². The van der Waals surface area contributed by atoms with Crippen LogP contribution in [0, 0.1) is 6.92 Å². The quantitative estimate of drug-likeness (QED) is 0.473.